The fourth-order valence-corrected chi connectivity index (χ4v) is 3.17. The molecule has 9 nitrogen and oxygen atoms in total. The molecule has 0 radical (unpaired) electrons. The molecule has 138 valence electrons. The van der Waals surface area contributed by atoms with E-state index in [1.165, 1.54) is 13.0 Å². The van der Waals surface area contributed by atoms with Crippen LogP contribution in [0.5, 0.6) is 0 Å². The fourth-order valence-electron chi connectivity index (χ4n) is 3.17. The predicted molar refractivity (Wildman–Crippen MR) is 87.5 cm³/mol. The number of carbonyl (C=O) groups is 4. The highest BCUT2D eigenvalue weighted by molar-refractivity contribution is 6.08. The Kier molecular flexibility index (Phi) is 4.88. The molecule has 0 saturated carbocycles. The van der Waals surface area contributed by atoms with Gasteiger partial charge in [-0.05, 0) is 26.7 Å². The minimum atomic E-state index is -1.08. The summed E-state index contributed by atoms with van der Waals surface area (Å²) in [5.74, 6) is -2.25. The third-order valence-corrected chi connectivity index (χ3v) is 4.51. The summed E-state index contributed by atoms with van der Waals surface area (Å²) in [7, 11) is 0. The third-order valence-electron chi connectivity index (χ3n) is 4.51. The molecular formula is C17H19N3O6. The highest BCUT2D eigenvalue weighted by atomic mass is 16.5. The number of anilines is 1. The zero-order chi connectivity index (χ0) is 18.8. The van der Waals surface area contributed by atoms with Crippen LogP contribution in [-0.4, -0.2) is 46.4 Å². The summed E-state index contributed by atoms with van der Waals surface area (Å²) >= 11 is 0. The van der Waals surface area contributed by atoms with Crippen LogP contribution >= 0.6 is 0 Å². The van der Waals surface area contributed by atoms with Crippen LogP contribution in [0.3, 0.4) is 0 Å². The lowest BCUT2D eigenvalue weighted by Gasteiger charge is -2.21. The molecule has 1 aliphatic carbocycles. The second-order valence-corrected chi connectivity index (χ2v) is 6.36. The molecule has 2 aliphatic rings. The Bertz CT molecular complexity index is 757. The van der Waals surface area contributed by atoms with Crippen molar-refractivity contribution in [3.8, 4) is 0 Å². The van der Waals surface area contributed by atoms with Gasteiger partial charge in [0.1, 0.15) is 11.8 Å². The highest BCUT2D eigenvalue weighted by Crippen LogP contribution is 2.36. The first-order valence-electron chi connectivity index (χ1n) is 8.30. The van der Waals surface area contributed by atoms with Crippen molar-refractivity contribution >= 4 is 29.5 Å². The third kappa shape index (κ3) is 3.37. The quantitative estimate of drug-likeness (QED) is 0.468. The fraction of sp³-hybridized carbons (Fsp3) is 0.471. The normalized spacial score (nSPS) is 22.9. The highest BCUT2D eigenvalue weighted by Gasteiger charge is 2.50. The Morgan fingerprint density at radius 1 is 1.31 bits per heavy atom. The number of likely N-dealkylation sites (tertiary alicyclic amines) is 1. The van der Waals surface area contributed by atoms with E-state index in [2.05, 4.69) is 10.5 Å². The summed E-state index contributed by atoms with van der Waals surface area (Å²) in [6.07, 6.45) is 4.73. The molecule has 1 N–H and O–H groups in total. The van der Waals surface area contributed by atoms with Crippen LogP contribution in [0.2, 0.25) is 0 Å². The van der Waals surface area contributed by atoms with Gasteiger partial charge < -0.3 is 14.6 Å². The lowest BCUT2D eigenvalue weighted by molar-refractivity contribution is -0.159. The number of carbonyl (C=O) groups excluding carboxylic acids is 4. The van der Waals surface area contributed by atoms with Gasteiger partial charge in [-0.25, -0.2) is 4.79 Å². The number of ether oxygens (including phenoxy) is 1. The smallest absolute Gasteiger partial charge is 0.329 e. The average molecular weight is 361 g/mol. The van der Waals surface area contributed by atoms with Gasteiger partial charge >= 0.3 is 5.97 Å². The van der Waals surface area contributed by atoms with Crippen LogP contribution < -0.4 is 5.32 Å². The molecule has 1 fully saturated rings. The SMILES string of the molecule is Cc1cc(NC(=O)COC(=O)[C@H](C)N2C(=O)[C@H]3CC=CC[C@H]3C2=O)no1. The molecule has 9 heteroatoms. The van der Waals surface area contributed by atoms with Gasteiger partial charge in [0.15, 0.2) is 12.4 Å². The van der Waals surface area contributed by atoms with Crippen LogP contribution in [-0.2, 0) is 23.9 Å². The zero-order valence-corrected chi connectivity index (χ0v) is 14.4. The van der Waals surface area contributed by atoms with E-state index in [0.717, 1.165) is 4.90 Å². The van der Waals surface area contributed by atoms with Crippen LogP contribution in [0.4, 0.5) is 5.82 Å². The maximum absolute atomic E-state index is 12.4. The first-order chi connectivity index (χ1) is 12.4. The minimum absolute atomic E-state index is 0.207. The molecule has 0 bridgehead atoms. The summed E-state index contributed by atoms with van der Waals surface area (Å²) in [6.45, 7) is 2.53. The van der Waals surface area contributed by atoms with Gasteiger partial charge in [-0.15, -0.1) is 0 Å². The molecule has 1 aliphatic heterocycles. The van der Waals surface area contributed by atoms with Gasteiger partial charge in [-0.3, -0.25) is 19.3 Å². The first kappa shape index (κ1) is 17.8. The Morgan fingerprint density at radius 2 is 1.92 bits per heavy atom. The number of imide groups is 1. The van der Waals surface area contributed by atoms with E-state index in [1.807, 2.05) is 12.2 Å². The standard InChI is InChI=1S/C17H19N3O6/c1-9-7-13(19-26-9)18-14(21)8-25-17(24)10(2)20-15(22)11-5-3-4-6-12(11)16(20)23/h3-4,7,10-12H,5-6,8H2,1-2H3,(H,18,19,21)/t10-,11-,12+/m0/s1. The van der Waals surface area contributed by atoms with Crippen molar-refractivity contribution in [3.05, 3.63) is 24.0 Å². The molecule has 1 aromatic rings. The first-order valence-corrected chi connectivity index (χ1v) is 8.30. The van der Waals surface area contributed by atoms with Crippen molar-refractivity contribution in [2.24, 2.45) is 11.8 Å². The van der Waals surface area contributed by atoms with E-state index in [0.29, 0.717) is 18.6 Å². The van der Waals surface area contributed by atoms with E-state index in [9.17, 15) is 19.2 Å². The maximum Gasteiger partial charge on any atom is 0.329 e. The Labute approximate surface area is 149 Å². The molecule has 3 atom stereocenters. The van der Waals surface area contributed by atoms with Gasteiger partial charge in [0.25, 0.3) is 5.91 Å². The molecule has 2 heterocycles. The Hall–Kier alpha value is -2.97. The Morgan fingerprint density at radius 3 is 2.46 bits per heavy atom. The van der Waals surface area contributed by atoms with Gasteiger partial charge in [0, 0.05) is 6.07 Å². The molecule has 0 spiro atoms. The number of amides is 3. The van der Waals surface area contributed by atoms with Crippen molar-refractivity contribution in [2.45, 2.75) is 32.7 Å². The predicted octanol–water partition coefficient (Wildman–Crippen LogP) is 0.804. The van der Waals surface area contributed by atoms with Gasteiger partial charge in [0.05, 0.1) is 11.8 Å². The molecule has 26 heavy (non-hydrogen) atoms. The van der Waals surface area contributed by atoms with E-state index in [1.54, 1.807) is 6.92 Å². The molecular weight excluding hydrogens is 342 g/mol. The number of fused-ring (bicyclic) bond motifs is 1. The maximum atomic E-state index is 12.4. The summed E-state index contributed by atoms with van der Waals surface area (Å²) < 4.78 is 9.74. The summed E-state index contributed by atoms with van der Waals surface area (Å²) in [5, 5.41) is 6.00. The minimum Gasteiger partial charge on any atom is -0.454 e. The van der Waals surface area contributed by atoms with Crippen molar-refractivity contribution in [1.82, 2.24) is 10.1 Å². The van der Waals surface area contributed by atoms with Crippen molar-refractivity contribution in [2.75, 3.05) is 11.9 Å². The van der Waals surface area contributed by atoms with Crippen LogP contribution in [0.25, 0.3) is 0 Å². The van der Waals surface area contributed by atoms with Crippen LogP contribution in [0, 0.1) is 18.8 Å². The number of nitrogens with one attached hydrogen (secondary N) is 1. The van der Waals surface area contributed by atoms with Gasteiger partial charge in [0.2, 0.25) is 11.8 Å². The largest absolute Gasteiger partial charge is 0.454 e. The van der Waals surface area contributed by atoms with E-state index >= 15 is 0 Å². The number of hydrogen-bond donors (Lipinski definition) is 1. The van der Waals surface area contributed by atoms with Gasteiger partial charge in [-0.1, -0.05) is 17.3 Å². The number of nitrogens with zero attached hydrogens (tertiary/aromatic N) is 2. The summed E-state index contributed by atoms with van der Waals surface area (Å²) in [6, 6.07) is 0.433. The average Bonchev–Trinajstić information content (AvgIpc) is 3.14. The lowest BCUT2D eigenvalue weighted by Crippen LogP contribution is -2.45. The molecule has 1 saturated heterocycles. The molecule has 1 aromatic heterocycles. The van der Waals surface area contributed by atoms with E-state index < -0.39 is 36.4 Å². The summed E-state index contributed by atoms with van der Waals surface area (Å²) in [5.41, 5.74) is 0. The number of aromatic nitrogens is 1. The van der Waals surface area contributed by atoms with Crippen LogP contribution in [0.1, 0.15) is 25.5 Å². The monoisotopic (exact) mass is 361 g/mol. The van der Waals surface area contributed by atoms with E-state index in [4.69, 9.17) is 9.26 Å². The van der Waals surface area contributed by atoms with Crippen LogP contribution in [0.15, 0.2) is 22.7 Å². The number of allylic oxidation sites excluding steroid dienone is 2. The second-order valence-electron chi connectivity index (χ2n) is 6.36. The Balaban J connectivity index is 1.55. The number of hydrogen-bond acceptors (Lipinski definition) is 7. The lowest BCUT2D eigenvalue weighted by atomic mass is 9.85. The molecule has 0 unspecified atom stereocenters. The van der Waals surface area contributed by atoms with E-state index in [-0.39, 0.29) is 17.6 Å². The summed E-state index contributed by atoms with van der Waals surface area (Å²) in [4.78, 5) is 49.8. The second kappa shape index (κ2) is 7.11. The van der Waals surface area contributed by atoms with Crippen molar-refractivity contribution < 1.29 is 28.4 Å². The molecule has 0 aromatic carbocycles. The number of rotatable bonds is 5. The molecule has 3 amide bonds. The van der Waals surface area contributed by atoms with Crippen molar-refractivity contribution in [1.29, 1.82) is 0 Å². The number of esters is 1. The topological polar surface area (TPSA) is 119 Å². The van der Waals surface area contributed by atoms with Gasteiger partial charge in [-0.2, -0.15) is 0 Å². The van der Waals surface area contributed by atoms with Crippen molar-refractivity contribution in [3.63, 3.8) is 0 Å². The zero-order valence-electron chi connectivity index (χ0n) is 14.4. The molecule has 3 rings (SSSR count). The number of aryl methyl sites for hydroxylation is 1.